The monoisotopic (exact) mass is 300 g/mol. The van der Waals surface area contributed by atoms with Gasteiger partial charge in [0.15, 0.2) is 0 Å². The van der Waals surface area contributed by atoms with E-state index in [9.17, 15) is 4.79 Å². The molecule has 0 unspecified atom stereocenters. The molecule has 1 fully saturated rings. The first-order valence-electron chi connectivity index (χ1n) is 6.53. The SMILES string of the molecule is NC1(C(=O)NCCc2cccc(Cl)c2Cl)CCCC1. The van der Waals surface area contributed by atoms with E-state index in [-0.39, 0.29) is 5.91 Å². The first-order valence-corrected chi connectivity index (χ1v) is 7.28. The van der Waals surface area contributed by atoms with Crippen LogP contribution >= 0.6 is 23.2 Å². The first-order chi connectivity index (χ1) is 9.03. The van der Waals surface area contributed by atoms with Gasteiger partial charge >= 0.3 is 0 Å². The third kappa shape index (κ3) is 3.41. The summed E-state index contributed by atoms with van der Waals surface area (Å²) < 4.78 is 0. The van der Waals surface area contributed by atoms with Crippen LogP contribution in [0, 0.1) is 0 Å². The Labute approximate surface area is 123 Å². The van der Waals surface area contributed by atoms with Gasteiger partial charge in [0.1, 0.15) is 0 Å². The molecule has 0 aromatic heterocycles. The van der Waals surface area contributed by atoms with Gasteiger partial charge in [-0.15, -0.1) is 0 Å². The summed E-state index contributed by atoms with van der Waals surface area (Å²) in [5, 5.41) is 3.99. The number of rotatable bonds is 4. The molecule has 2 rings (SSSR count). The van der Waals surface area contributed by atoms with Crippen LogP contribution in [0.5, 0.6) is 0 Å². The van der Waals surface area contributed by atoms with Crippen molar-refractivity contribution in [1.29, 1.82) is 0 Å². The molecule has 0 spiro atoms. The standard InChI is InChI=1S/C14H18Cl2N2O/c15-11-5-3-4-10(12(11)16)6-9-18-13(19)14(17)7-1-2-8-14/h3-5H,1-2,6-9,17H2,(H,18,19). The van der Waals surface area contributed by atoms with E-state index in [4.69, 9.17) is 28.9 Å². The van der Waals surface area contributed by atoms with E-state index in [2.05, 4.69) is 5.32 Å². The van der Waals surface area contributed by atoms with Gasteiger partial charge < -0.3 is 11.1 Å². The van der Waals surface area contributed by atoms with Crippen molar-refractivity contribution in [2.24, 2.45) is 5.73 Å². The van der Waals surface area contributed by atoms with Crippen molar-refractivity contribution in [3.8, 4) is 0 Å². The Morgan fingerprint density at radius 3 is 2.68 bits per heavy atom. The van der Waals surface area contributed by atoms with Gasteiger partial charge in [-0.05, 0) is 30.9 Å². The summed E-state index contributed by atoms with van der Waals surface area (Å²) in [6.07, 6.45) is 4.27. The van der Waals surface area contributed by atoms with Crippen LogP contribution in [0.25, 0.3) is 0 Å². The lowest BCUT2D eigenvalue weighted by Crippen LogP contribution is -2.52. The Morgan fingerprint density at radius 1 is 1.32 bits per heavy atom. The largest absolute Gasteiger partial charge is 0.354 e. The average molecular weight is 301 g/mol. The summed E-state index contributed by atoms with van der Waals surface area (Å²) in [5.74, 6) is -0.0526. The van der Waals surface area contributed by atoms with E-state index in [1.165, 1.54) is 0 Å². The van der Waals surface area contributed by atoms with Gasteiger partial charge in [0.25, 0.3) is 0 Å². The Bertz CT molecular complexity index is 471. The topological polar surface area (TPSA) is 55.1 Å². The number of benzene rings is 1. The molecule has 5 heteroatoms. The number of nitrogens with one attached hydrogen (secondary N) is 1. The van der Waals surface area contributed by atoms with Crippen LogP contribution in [0.4, 0.5) is 0 Å². The summed E-state index contributed by atoms with van der Waals surface area (Å²) in [6.45, 7) is 0.526. The molecule has 104 valence electrons. The molecule has 1 aromatic rings. The highest BCUT2D eigenvalue weighted by Crippen LogP contribution is 2.27. The molecular weight excluding hydrogens is 283 g/mol. The Hall–Kier alpha value is -0.770. The molecule has 0 heterocycles. The van der Waals surface area contributed by atoms with Crippen LogP contribution in [-0.4, -0.2) is 18.0 Å². The highest BCUT2D eigenvalue weighted by molar-refractivity contribution is 6.42. The van der Waals surface area contributed by atoms with Crippen LogP contribution in [0.15, 0.2) is 18.2 Å². The molecule has 0 atom stereocenters. The number of hydrogen-bond donors (Lipinski definition) is 2. The average Bonchev–Trinajstić information content (AvgIpc) is 2.83. The van der Waals surface area contributed by atoms with Crippen LogP contribution < -0.4 is 11.1 Å². The molecule has 0 radical (unpaired) electrons. The van der Waals surface area contributed by atoms with Crippen molar-refractivity contribution in [2.75, 3.05) is 6.54 Å². The summed E-state index contributed by atoms with van der Waals surface area (Å²) in [5.41, 5.74) is 6.35. The van der Waals surface area contributed by atoms with Crippen LogP contribution in [-0.2, 0) is 11.2 Å². The number of amides is 1. The van der Waals surface area contributed by atoms with E-state index in [1.807, 2.05) is 12.1 Å². The molecule has 1 saturated carbocycles. The van der Waals surface area contributed by atoms with Crippen LogP contribution in [0.2, 0.25) is 10.0 Å². The molecule has 1 amide bonds. The van der Waals surface area contributed by atoms with Gasteiger partial charge in [0, 0.05) is 6.54 Å². The lowest BCUT2D eigenvalue weighted by atomic mass is 9.98. The summed E-state index contributed by atoms with van der Waals surface area (Å²) >= 11 is 12.0. The molecule has 1 aromatic carbocycles. The van der Waals surface area contributed by atoms with E-state index in [0.717, 1.165) is 31.2 Å². The second kappa shape index (κ2) is 6.12. The molecule has 0 bridgehead atoms. The highest BCUT2D eigenvalue weighted by Gasteiger charge is 2.36. The minimum absolute atomic E-state index is 0.0526. The molecule has 3 nitrogen and oxygen atoms in total. The molecule has 1 aliphatic rings. The fourth-order valence-corrected chi connectivity index (χ4v) is 2.88. The van der Waals surface area contributed by atoms with E-state index >= 15 is 0 Å². The van der Waals surface area contributed by atoms with Crippen LogP contribution in [0.3, 0.4) is 0 Å². The number of halogens is 2. The Morgan fingerprint density at radius 2 is 2.00 bits per heavy atom. The second-order valence-electron chi connectivity index (χ2n) is 5.08. The smallest absolute Gasteiger partial charge is 0.240 e. The maximum Gasteiger partial charge on any atom is 0.240 e. The third-order valence-corrected chi connectivity index (χ3v) is 4.52. The normalized spacial score (nSPS) is 17.4. The van der Waals surface area contributed by atoms with Gasteiger partial charge in [0.2, 0.25) is 5.91 Å². The van der Waals surface area contributed by atoms with Crippen molar-refractivity contribution in [3.05, 3.63) is 33.8 Å². The molecular formula is C14H18Cl2N2O. The fraction of sp³-hybridized carbons (Fsp3) is 0.500. The fourth-order valence-electron chi connectivity index (χ4n) is 2.46. The molecule has 0 aliphatic heterocycles. The van der Waals surface area contributed by atoms with Gasteiger partial charge in [-0.1, -0.05) is 48.2 Å². The predicted octanol–water partition coefficient (Wildman–Crippen LogP) is 2.92. The van der Waals surface area contributed by atoms with Crippen molar-refractivity contribution in [3.63, 3.8) is 0 Å². The quantitative estimate of drug-likeness (QED) is 0.898. The lowest BCUT2D eigenvalue weighted by Gasteiger charge is -2.22. The van der Waals surface area contributed by atoms with Crippen molar-refractivity contribution < 1.29 is 4.79 Å². The maximum atomic E-state index is 12.0. The van der Waals surface area contributed by atoms with Crippen LogP contribution in [0.1, 0.15) is 31.2 Å². The van der Waals surface area contributed by atoms with Gasteiger partial charge in [-0.2, -0.15) is 0 Å². The van der Waals surface area contributed by atoms with E-state index in [1.54, 1.807) is 6.07 Å². The molecule has 3 N–H and O–H groups in total. The van der Waals surface area contributed by atoms with Gasteiger partial charge in [-0.3, -0.25) is 4.79 Å². The van der Waals surface area contributed by atoms with E-state index < -0.39 is 5.54 Å². The molecule has 0 saturated heterocycles. The summed E-state index contributed by atoms with van der Waals surface area (Å²) in [4.78, 5) is 12.0. The Kier molecular flexibility index (Phi) is 4.71. The number of hydrogen-bond acceptors (Lipinski definition) is 2. The van der Waals surface area contributed by atoms with E-state index in [0.29, 0.717) is 23.0 Å². The highest BCUT2D eigenvalue weighted by atomic mass is 35.5. The number of nitrogens with two attached hydrogens (primary N) is 1. The minimum Gasteiger partial charge on any atom is -0.354 e. The zero-order chi connectivity index (χ0) is 13.9. The zero-order valence-corrected chi connectivity index (χ0v) is 12.2. The second-order valence-corrected chi connectivity index (χ2v) is 5.87. The third-order valence-electron chi connectivity index (χ3n) is 3.66. The van der Waals surface area contributed by atoms with Gasteiger partial charge in [0.05, 0.1) is 15.6 Å². The van der Waals surface area contributed by atoms with Gasteiger partial charge in [-0.25, -0.2) is 0 Å². The lowest BCUT2D eigenvalue weighted by molar-refractivity contribution is -0.126. The predicted molar refractivity (Wildman–Crippen MR) is 78.6 cm³/mol. The molecule has 19 heavy (non-hydrogen) atoms. The van der Waals surface area contributed by atoms with Crippen molar-refractivity contribution >= 4 is 29.1 Å². The number of carbonyl (C=O) groups is 1. The number of carbonyl (C=O) groups excluding carboxylic acids is 1. The Balaban J connectivity index is 1.86. The maximum absolute atomic E-state index is 12.0. The summed E-state index contributed by atoms with van der Waals surface area (Å²) in [7, 11) is 0. The van der Waals surface area contributed by atoms with Crippen molar-refractivity contribution in [2.45, 2.75) is 37.6 Å². The zero-order valence-electron chi connectivity index (χ0n) is 10.7. The minimum atomic E-state index is -0.669. The van der Waals surface area contributed by atoms with Crippen molar-refractivity contribution in [1.82, 2.24) is 5.32 Å². The molecule has 1 aliphatic carbocycles. The first kappa shape index (κ1) is 14.6. The summed E-state index contributed by atoms with van der Waals surface area (Å²) in [6, 6.07) is 5.51.